The fourth-order valence-electron chi connectivity index (χ4n) is 3.87. The molecule has 0 unspecified atom stereocenters. The molecule has 136 valence electrons. The second kappa shape index (κ2) is 7.16. The van der Waals surface area contributed by atoms with Crippen LogP contribution in [0.25, 0.3) is 0 Å². The highest BCUT2D eigenvalue weighted by Crippen LogP contribution is 2.43. The largest absolute Gasteiger partial charge is 0.326 e. The summed E-state index contributed by atoms with van der Waals surface area (Å²) in [6, 6.07) is 31.4. The van der Waals surface area contributed by atoms with E-state index in [1.54, 1.807) is 0 Å². The summed E-state index contributed by atoms with van der Waals surface area (Å²) in [7, 11) is 0. The molecule has 0 saturated heterocycles. The minimum Gasteiger partial charge on any atom is -0.326 e. The van der Waals surface area contributed by atoms with Crippen molar-refractivity contribution in [3.63, 3.8) is 0 Å². The van der Waals surface area contributed by atoms with Gasteiger partial charge in [-0.2, -0.15) is 5.10 Å². The summed E-state index contributed by atoms with van der Waals surface area (Å²) in [4.78, 5) is 4.31. The summed E-state index contributed by atoms with van der Waals surface area (Å²) >= 11 is 0. The van der Waals surface area contributed by atoms with E-state index >= 15 is 0 Å². The Morgan fingerprint density at radius 3 is 1.96 bits per heavy atom. The van der Waals surface area contributed by atoms with Crippen molar-refractivity contribution in [1.82, 2.24) is 9.55 Å². The Morgan fingerprint density at radius 2 is 1.32 bits per heavy atom. The second-order valence-corrected chi connectivity index (χ2v) is 6.84. The first kappa shape index (κ1) is 16.5. The average molecular weight is 364 g/mol. The first-order valence-electron chi connectivity index (χ1n) is 9.42. The number of hydrogen-bond donors (Lipinski definition) is 0. The molecule has 4 nitrogen and oxygen atoms in total. The van der Waals surface area contributed by atoms with Gasteiger partial charge in [-0.15, -0.1) is 0 Å². The lowest BCUT2D eigenvalue weighted by Gasteiger charge is -2.29. The second-order valence-electron chi connectivity index (χ2n) is 6.84. The molecule has 2 atom stereocenters. The molecule has 28 heavy (non-hydrogen) atoms. The SMILES string of the molecule is c1ccc(C2=NN(c3ccccc3)[C@@H](c3ccccc3)[C@@H]2n2ccnc2)cc1. The average Bonchev–Trinajstić information content (AvgIpc) is 3.43. The molecule has 0 fully saturated rings. The van der Waals surface area contributed by atoms with Gasteiger partial charge in [-0.3, -0.25) is 5.01 Å². The molecule has 4 heteroatoms. The fourth-order valence-corrected chi connectivity index (χ4v) is 3.87. The van der Waals surface area contributed by atoms with Gasteiger partial charge in [0.15, 0.2) is 0 Å². The van der Waals surface area contributed by atoms with Crippen LogP contribution in [-0.2, 0) is 0 Å². The molecule has 1 aliphatic rings. The van der Waals surface area contributed by atoms with Crippen molar-refractivity contribution in [1.29, 1.82) is 0 Å². The Kier molecular flexibility index (Phi) is 4.22. The van der Waals surface area contributed by atoms with Crippen molar-refractivity contribution in [2.75, 3.05) is 5.01 Å². The zero-order chi connectivity index (χ0) is 18.8. The third-order valence-electron chi connectivity index (χ3n) is 5.14. The first-order chi connectivity index (χ1) is 13.9. The van der Waals surface area contributed by atoms with Gasteiger partial charge in [-0.1, -0.05) is 78.9 Å². The van der Waals surface area contributed by atoms with Gasteiger partial charge in [0, 0.05) is 12.4 Å². The molecule has 0 aliphatic carbocycles. The van der Waals surface area contributed by atoms with Gasteiger partial charge in [-0.25, -0.2) is 4.98 Å². The number of nitrogens with zero attached hydrogens (tertiary/aromatic N) is 4. The van der Waals surface area contributed by atoms with E-state index < -0.39 is 0 Å². The van der Waals surface area contributed by atoms with Gasteiger partial charge >= 0.3 is 0 Å². The molecule has 1 aromatic heterocycles. The van der Waals surface area contributed by atoms with Crippen molar-refractivity contribution in [2.24, 2.45) is 5.10 Å². The zero-order valence-electron chi connectivity index (χ0n) is 15.3. The maximum Gasteiger partial charge on any atom is 0.106 e. The predicted octanol–water partition coefficient (Wildman–Crippen LogP) is 5.09. The van der Waals surface area contributed by atoms with E-state index in [0.29, 0.717) is 0 Å². The van der Waals surface area contributed by atoms with E-state index in [2.05, 4.69) is 93.4 Å². The molecule has 2 heterocycles. The van der Waals surface area contributed by atoms with E-state index in [-0.39, 0.29) is 12.1 Å². The highest BCUT2D eigenvalue weighted by atomic mass is 15.5. The van der Waals surface area contributed by atoms with Gasteiger partial charge in [0.1, 0.15) is 12.1 Å². The van der Waals surface area contributed by atoms with E-state index in [0.717, 1.165) is 17.0 Å². The van der Waals surface area contributed by atoms with Crippen LogP contribution in [0.2, 0.25) is 0 Å². The summed E-state index contributed by atoms with van der Waals surface area (Å²) in [5, 5.41) is 7.27. The van der Waals surface area contributed by atoms with Gasteiger partial charge in [0.2, 0.25) is 0 Å². The standard InChI is InChI=1S/C24H20N4/c1-4-10-19(11-5-1)22-24(27-17-16-25-18-27)23(20-12-6-2-7-13-20)28(26-22)21-14-8-3-9-15-21/h1-18,23-24H/t23-,24+/m0/s1. The van der Waals surface area contributed by atoms with Crippen LogP contribution >= 0.6 is 0 Å². The van der Waals surface area contributed by atoms with Crippen LogP contribution in [0.1, 0.15) is 23.2 Å². The summed E-state index contributed by atoms with van der Waals surface area (Å²) in [6.45, 7) is 0. The molecule has 0 spiro atoms. The summed E-state index contributed by atoms with van der Waals surface area (Å²) in [6.07, 6.45) is 5.73. The smallest absolute Gasteiger partial charge is 0.106 e. The summed E-state index contributed by atoms with van der Waals surface area (Å²) < 4.78 is 2.16. The van der Waals surface area contributed by atoms with E-state index in [1.165, 1.54) is 5.56 Å². The number of benzene rings is 3. The van der Waals surface area contributed by atoms with Crippen LogP contribution in [0.3, 0.4) is 0 Å². The molecule has 0 N–H and O–H groups in total. The highest BCUT2D eigenvalue weighted by molar-refractivity contribution is 6.06. The predicted molar refractivity (Wildman–Crippen MR) is 112 cm³/mol. The molecule has 0 bridgehead atoms. The van der Waals surface area contributed by atoms with Crippen molar-refractivity contribution in [3.05, 3.63) is 121 Å². The molecule has 0 saturated carbocycles. The Balaban J connectivity index is 1.71. The Hall–Kier alpha value is -3.66. The third-order valence-corrected chi connectivity index (χ3v) is 5.14. The van der Waals surface area contributed by atoms with Crippen LogP contribution in [-0.4, -0.2) is 15.3 Å². The maximum atomic E-state index is 5.13. The number of para-hydroxylation sites is 1. The summed E-state index contributed by atoms with van der Waals surface area (Å²) in [5.74, 6) is 0. The third kappa shape index (κ3) is 2.89. The fraction of sp³-hybridized carbons (Fsp3) is 0.0833. The Labute approximate surface area is 164 Å². The molecule has 0 amide bonds. The van der Waals surface area contributed by atoms with E-state index in [4.69, 9.17) is 5.10 Å². The topological polar surface area (TPSA) is 33.4 Å². The minimum atomic E-state index is 0.0208. The lowest BCUT2D eigenvalue weighted by molar-refractivity contribution is 0.527. The van der Waals surface area contributed by atoms with Crippen LogP contribution in [0.4, 0.5) is 5.69 Å². The van der Waals surface area contributed by atoms with Gasteiger partial charge < -0.3 is 4.57 Å². The maximum absolute atomic E-state index is 5.13. The molecule has 5 rings (SSSR count). The number of anilines is 1. The van der Waals surface area contributed by atoms with E-state index in [1.807, 2.05) is 30.9 Å². The van der Waals surface area contributed by atoms with Crippen molar-refractivity contribution in [2.45, 2.75) is 12.1 Å². The minimum absolute atomic E-state index is 0.0208. The monoisotopic (exact) mass is 364 g/mol. The van der Waals surface area contributed by atoms with Crippen LogP contribution in [0.15, 0.2) is 115 Å². The van der Waals surface area contributed by atoms with Crippen molar-refractivity contribution < 1.29 is 0 Å². The van der Waals surface area contributed by atoms with Crippen LogP contribution in [0, 0.1) is 0 Å². The summed E-state index contributed by atoms with van der Waals surface area (Å²) in [5.41, 5.74) is 4.46. The molecule has 0 radical (unpaired) electrons. The van der Waals surface area contributed by atoms with E-state index in [9.17, 15) is 0 Å². The number of hydrogen-bond acceptors (Lipinski definition) is 3. The molecule has 1 aliphatic heterocycles. The zero-order valence-corrected chi connectivity index (χ0v) is 15.3. The number of imidazole rings is 1. The molecular formula is C24H20N4. The lowest BCUT2D eigenvalue weighted by atomic mass is 9.92. The molecule has 3 aromatic carbocycles. The van der Waals surface area contributed by atoms with Crippen LogP contribution in [0.5, 0.6) is 0 Å². The molecular weight excluding hydrogens is 344 g/mol. The van der Waals surface area contributed by atoms with Gasteiger partial charge in [0.05, 0.1) is 17.7 Å². The lowest BCUT2D eigenvalue weighted by Crippen LogP contribution is -2.27. The normalized spacial score (nSPS) is 18.9. The Morgan fingerprint density at radius 1 is 0.679 bits per heavy atom. The first-order valence-corrected chi connectivity index (χ1v) is 9.42. The van der Waals surface area contributed by atoms with Crippen molar-refractivity contribution >= 4 is 11.4 Å². The van der Waals surface area contributed by atoms with Crippen molar-refractivity contribution in [3.8, 4) is 0 Å². The highest BCUT2D eigenvalue weighted by Gasteiger charge is 2.40. The number of aromatic nitrogens is 2. The quantitative estimate of drug-likeness (QED) is 0.505. The van der Waals surface area contributed by atoms with Crippen LogP contribution < -0.4 is 5.01 Å². The number of rotatable bonds is 4. The van der Waals surface area contributed by atoms with Gasteiger partial charge in [0.25, 0.3) is 0 Å². The molecule has 4 aromatic rings. The van der Waals surface area contributed by atoms with Gasteiger partial charge in [-0.05, 0) is 23.3 Å². The number of hydrazone groups is 1. The Bertz CT molecular complexity index is 1060.